The SMILES string of the molecule is CNC(C)CNS(=O)(=O)c1ccc(F)c(C#N)c1.Cl. The summed E-state index contributed by atoms with van der Waals surface area (Å²) in [5.74, 6) is -0.736. The summed E-state index contributed by atoms with van der Waals surface area (Å²) in [6.07, 6.45) is 0. The maximum Gasteiger partial charge on any atom is 0.240 e. The van der Waals surface area contributed by atoms with E-state index in [1.807, 2.05) is 6.92 Å². The Morgan fingerprint density at radius 1 is 1.47 bits per heavy atom. The average Bonchev–Trinajstić information content (AvgIpc) is 2.36. The van der Waals surface area contributed by atoms with E-state index in [1.165, 1.54) is 0 Å². The maximum atomic E-state index is 13.1. The minimum Gasteiger partial charge on any atom is -0.316 e. The molecular formula is C11H15ClFN3O2S. The van der Waals surface area contributed by atoms with Crippen molar-refractivity contribution in [2.45, 2.75) is 17.9 Å². The van der Waals surface area contributed by atoms with Gasteiger partial charge in [0.25, 0.3) is 0 Å². The van der Waals surface area contributed by atoms with Crippen molar-refractivity contribution in [2.24, 2.45) is 0 Å². The number of benzene rings is 1. The number of rotatable bonds is 5. The first-order valence-corrected chi connectivity index (χ1v) is 6.75. The van der Waals surface area contributed by atoms with Gasteiger partial charge < -0.3 is 5.32 Å². The zero-order valence-electron chi connectivity index (χ0n) is 10.5. The number of sulfonamides is 1. The van der Waals surface area contributed by atoms with Gasteiger partial charge in [-0.2, -0.15) is 5.26 Å². The second kappa shape index (κ2) is 7.40. The molecule has 0 bridgehead atoms. The van der Waals surface area contributed by atoms with Gasteiger partial charge in [-0.3, -0.25) is 0 Å². The second-order valence-electron chi connectivity index (χ2n) is 3.80. The first-order chi connectivity index (χ1) is 8.40. The van der Waals surface area contributed by atoms with Crippen LogP contribution in [0.2, 0.25) is 0 Å². The Labute approximate surface area is 118 Å². The third-order valence-corrected chi connectivity index (χ3v) is 3.86. The van der Waals surface area contributed by atoms with Crippen LogP contribution in [-0.4, -0.2) is 28.1 Å². The van der Waals surface area contributed by atoms with Crippen molar-refractivity contribution in [3.8, 4) is 6.07 Å². The molecule has 1 aromatic carbocycles. The molecule has 0 aliphatic heterocycles. The third kappa shape index (κ3) is 4.76. The Bertz CT molecular complexity index is 572. The number of halogens is 2. The Hall–Kier alpha value is -1.20. The van der Waals surface area contributed by atoms with Crippen LogP contribution in [0, 0.1) is 17.1 Å². The molecule has 1 rings (SSSR count). The van der Waals surface area contributed by atoms with Crippen LogP contribution in [0.1, 0.15) is 12.5 Å². The van der Waals surface area contributed by atoms with Crippen LogP contribution >= 0.6 is 12.4 Å². The molecule has 0 amide bonds. The van der Waals surface area contributed by atoms with Gasteiger partial charge in [-0.15, -0.1) is 12.4 Å². The number of hydrogen-bond acceptors (Lipinski definition) is 4. The highest BCUT2D eigenvalue weighted by Crippen LogP contribution is 2.14. The van der Waals surface area contributed by atoms with Crippen molar-refractivity contribution in [3.05, 3.63) is 29.6 Å². The molecule has 0 fully saturated rings. The summed E-state index contributed by atoms with van der Waals surface area (Å²) < 4.78 is 39.2. The van der Waals surface area contributed by atoms with Crippen LogP contribution in [0.25, 0.3) is 0 Å². The van der Waals surface area contributed by atoms with Gasteiger partial charge in [-0.25, -0.2) is 17.5 Å². The third-order valence-electron chi connectivity index (χ3n) is 2.44. The minimum absolute atomic E-state index is 0. The molecule has 0 heterocycles. The van der Waals surface area contributed by atoms with Crippen LogP contribution in [-0.2, 0) is 10.0 Å². The zero-order chi connectivity index (χ0) is 13.8. The van der Waals surface area contributed by atoms with Gasteiger partial charge in [0.05, 0.1) is 10.5 Å². The lowest BCUT2D eigenvalue weighted by Crippen LogP contribution is -2.37. The molecule has 106 valence electrons. The molecule has 2 N–H and O–H groups in total. The summed E-state index contributed by atoms with van der Waals surface area (Å²) >= 11 is 0. The Morgan fingerprint density at radius 2 is 2.11 bits per heavy atom. The highest BCUT2D eigenvalue weighted by molar-refractivity contribution is 7.89. The molecule has 1 atom stereocenters. The molecule has 1 aromatic rings. The maximum absolute atomic E-state index is 13.1. The van der Waals surface area contributed by atoms with Crippen molar-refractivity contribution >= 4 is 22.4 Å². The van der Waals surface area contributed by atoms with E-state index in [4.69, 9.17) is 5.26 Å². The van der Waals surface area contributed by atoms with Gasteiger partial charge >= 0.3 is 0 Å². The molecule has 0 saturated heterocycles. The van der Waals surface area contributed by atoms with Gasteiger partial charge in [0.15, 0.2) is 0 Å². The van der Waals surface area contributed by atoms with Gasteiger partial charge in [0.2, 0.25) is 10.0 Å². The van der Waals surface area contributed by atoms with Crippen LogP contribution in [0.4, 0.5) is 4.39 Å². The Balaban J connectivity index is 0.00000324. The number of likely N-dealkylation sites (N-methyl/N-ethyl adjacent to an activating group) is 1. The molecule has 1 unspecified atom stereocenters. The predicted molar refractivity (Wildman–Crippen MR) is 72.1 cm³/mol. The van der Waals surface area contributed by atoms with E-state index in [0.717, 1.165) is 18.2 Å². The highest BCUT2D eigenvalue weighted by Gasteiger charge is 2.16. The van der Waals surface area contributed by atoms with Gasteiger partial charge in [-0.1, -0.05) is 0 Å². The molecule has 0 aliphatic carbocycles. The van der Waals surface area contributed by atoms with Gasteiger partial charge in [-0.05, 0) is 32.2 Å². The quantitative estimate of drug-likeness (QED) is 0.850. The van der Waals surface area contributed by atoms with Gasteiger partial charge in [0.1, 0.15) is 11.9 Å². The highest BCUT2D eigenvalue weighted by atomic mass is 35.5. The number of nitriles is 1. The summed E-state index contributed by atoms with van der Waals surface area (Å²) in [7, 11) is -2.01. The van der Waals surface area contributed by atoms with Crippen molar-refractivity contribution in [3.63, 3.8) is 0 Å². The fourth-order valence-corrected chi connectivity index (χ4v) is 2.33. The lowest BCUT2D eigenvalue weighted by atomic mass is 10.2. The van der Waals surface area contributed by atoms with Crippen LogP contribution in [0.15, 0.2) is 23.1 Å². The second-order valence-corrected chi connectivity index (χ2v) is 5.56. The van der Waals surface area contributed by atoms with E-state index >= 15 is 0 Å². The van der Waals surface area contributed by atoms with Gasteiger partial charge in [0, 0.05) is 12.6 Å². The van der Waals surface area contributed by atoms with E-state index in [2.05, 4.69) is 10.0 Å². The van der Waals surface area contributed by atoms with Crippen LogP contribution in [0.5, 0.6) is 0 Å². The zero-order valence-corrected chi connectivity index (χ0v) is 12.1. The van der Waals surface area contributed by atoms with Crippen LogP contribution in [0.3, 0.4) is 0 Å². The van der Waals surface area contributed by atoms with Crippen molar-refractivity contribution in [2.75, 3.05) is 13.6 Å². The number of nitrogens with zero attached hydrogens (tertiary/aromatic N) is 1. The largest absolute Gasteiger partial charge is 0.316 e. The summed E-state index contributed by atoms with van der Waals surface area (Å²) in [5, 5.41) is 11.5. The first kappa shape index (κ1) is 17.8. The molecule has 0 spiro atoms. The van der Waals surface area contributed by atoms with E-state index in [0.29, 0.717) is 0 Å². The summed E-state index contributed by atoms with van der Waals surface area (Å²) in [5.41, 5.74) is -0.292. The minimum atomic E-state index is -3.72. The summed E-state index contributed by atoms with van der Waals surface area (Å²) in [4.78, 5) is -0.122. The molecule has 0 aliphatic rings. The van der Waals surface area contributed by atoms with Crippen molar-refractivity contribution in [1.82, 2.24) is 10.0 Å². The topological polar surface area (TPSA) is 82.0 Å². The fourth-order valence-electron chi connectivity index (χ4n) is 1.18. The molecule has 8 heteroatoms. The number of nitrogens with one attached hydrogen (secondary N) is 2. The van der Waals surface area contributed by atoms with E-state index in [9.17, 15) is 12.8 Å². The Kier molecular flexibility index (Phi) is 6.94. The van der Waals surface area contributed by atoms with E-state index in [-0.39, 0.29) is 35.5 Å². The molecule has 5 nitrogen and oxygen atoms in total. The summed E-state index contributed by atoms with van der Waals surface area (Å²) in [6, 6.07) is 4.68. The summed E-state index contributed by atoms with van der Waals surface area (Å²) in [6.45, 7) is 2.02. The van der Waals surface area contributed by atoms with Crippen LogP contribution < -0.4 is 10.0 Å². The lowest BCUT2D eigenvalue weighted by Gasteiger charge is -2.12. The van der Waals surface area contributed by atoms with E-state index in [1.54, 1.807) is 13.1 Å². The standard InChI is InChI=1S/C11H14FN3O2S.ClH/c1-8(14-2)7-15-18(16,17)10-3-4-11(12)9(5-10)6-13;/h3-5,8,14-15H,7H2,1-2H3;1H. The fraction of sp³-hybridized carbons (Fsp3) is 0.364. The van der Waals surface area contributed by atoms with Crippen molar-refractivity contribution < 1.29 is 12.8 Å². The Morgan fingerprint density at radius 3 is 2.63 bits per heavy atom. The monoisotopic (exact) mass is 307 g/mol. The molecule has 0 radical (unpaired) electrons. The molecule has 0 aromatic heterocycles. The molecular weight excluding hydrogens is 293 g/mol. The molecule has 0 saturated carbocycles. The number of hydrogen-bond donors (Lipinski definition) is 2. The van der Waals surface area contributed by atoms with E-state index < -0.39 is 15.8 Å². The van der Waals surface area contributed by atoms with Crippen molar-refractivity contribution in [1.29, 1.82) is 5.26 Å². The normalized spacial score (nSPS) is 12.3. The average molecular weight is 308 g/mol. The first-order valence-electron chi connectivity index (χ1n) is 5.27. The smallest absolute Gasteiger partial charge is 0.240 e. The molecule has 19 heavy (non-hydrogen) atoms. The predicted octanol–water partition coefficient (Wildman–Crippen LogP) is 1.01. The lowest BCUT2D eigenvalue weighted by molar-refractivity contribution is 0.554.